The third-order valence-corrected chi connectivity index (χ3v) is 4.60. The highest BCUT2D eigenvalue weighted by Gasteiger charge is 2.48. The summed E-state index contributed by atoms with van der Waals surface area (Å²) in [6.07, 6.45) is 1.66. The molecule has 2 saturated heterocycles. The zero-order chi connectivity index (χ0) is 16.4. The molecular weight excluding hydrogens is 306 g/mol. The molecule has 6 heteroatoms. The second-order valence-electron chi connectivity index (χ2n) is 6.61. The molecule has 0 saturated carbocycles. The minimum Gasteiger partial charge on any atom is -0.492 e. The van der Waals surface area contributed by atoms with E-state index in [-0.39, 0.29) is 6.61 Å². The van der Waals surface area contributed by atoms with E-state index in [1.165, 1.54) is 0 Å². The molecule has 0 bridgehead atoms. The number of hydrogen-bond acceptors (Lipinski definition) is 6. The van der Waals surface area contributed by atoms with Crippen molar-refractivity contribution in [3.05, 3.63) is 42.2 Å². The van der Waals surface area contributed by atoms with E-state index in [9.17, 15) is 0 Å². The van der Waals surface area contributed by atoms with Crippen molar-refractivity contribution in [3.63, 3.8) is 0 Å². The highest BCUT2D eigenvalue weighted by Crippen LogP contribution is 2.37. The molecule has 3 heterocycles. The van der Waals surface area contributed by atoms with Crippen molar-refractivity contribution < 1.29 is 14.6 Å². The maximum Gasteiger partial charge on any atom is 0.159 e. The second kappa shape index (κ2) is 6.47. The predicted octanol–water partition coefficient (Wildman–Crippen LogP) is 1.35. The van der Waals surface area contributed by atoms with Gasteiger partial charge in [0.25, 0.3) is 0 Å². The van der Waals surface area contributed by atoms with E-state index in [0.717, 1.165) is 44.2 Å². The van der Waals surface area contributed by atoms with Crippen LogP contribution in [0.4, 0.5) is 0 Å². The first kappa shape index (κ1) is 15.5. The van der Waals surface area contributed by atoms with Crippen molar-refractivity contribution in [1.29, 1.82) is 0 Å². The lowest BCUT2D eigenvalue weighted by molar-refractivity contribution is -0.189. The monoisotopic (exact) mass is 327 g/mol. The first-order chi connectivity index (χ1) is 11.8. The molecule has 2 aromatic rings. The van der Waals surface area contributed by atoms with Crippen LogP contribution in [0, 0.1) is 5.41 Å². The minimum absolute atomic E-state index is 0.0827. The molecule has 2 fully saturated rings. The Bertz CT molecular complexity index is 693. The smallest absolute Gasteiger partial charge is 0.159 e. The molecule has 2 aliphatic rings. The average Bonchev–Trinajstić information content (AvgIpc) is 2.56. The van der Waals surface area contributed by atoms with Gasteiger partial charge in [-0.3, -0.25) is 4.90 Å². The van der Waals surface area contributed by atoms with Crippen molar-refractivity contribution in [2.24, 2.45) is 5.41 Å². The van der Waals surface area contributed by atoms with Gasteiger partial charge in [-0.15, -0.1) is 0 Å². The lowest BCUT2D eigenvalue weighted by Crippen LogP contribution is -2.66. The van der Waals surface area contributed by atoms with E-state index in [1.807, 2.05) is 24.3 Å². The number of hydrogen-bond donors (Lipinski definition) is 1. The molecule has 2 aliphatic heterocycles. The zero-order valence-electron chi connectivity index (χ0n) is 13.5. The van der Waals surface area contributed by atoms with Crippen molar-refractivity contribution in [3.8, 4) is 17.1 Å². The Balaban J connectivity index is 1.28. The summed E-state index contributed by atoms with van der Waals surface area (Å²) < 4.78 is 11.1. The van der Waals surface area contributed by atoms with Crippen LogP contribution < -0.4 is 4.74 Å². The standard InChI is InChI=1S/C18H21N3O3/c22-9-15-5-6-19-17(20-15)14-1-3-16(4-2-14)24-8-7-21-10-18(11-21)12-23-13-18/h1-6,22H,7-13H2. The summed E-state index contributed by atoms with van der Waals surface area (Å²) in [6.45, 7) is 5.66. The fraction of sp³-hybridized carbons (Fsp3) is 0.444. The Hall–Kier alpha value is -2.02. The van der Waals surface area contributed by atoms with Gasteiger partial charge >= 0.3 is 0 Å². The van der Waals surface area contributed by atoms with Gasteiger partial charge in [0, 0.05) is 36.8 Å². The molecule has 126 valence electrons. The Morgan fingerprint density at radius 2 is 1.96 bits per heavy atom. The molecule has 1 spiro atoms. The summed E-state index contributed by atoms with van der Waals surface area (Å²) in [5.41, 5.74) is 1.99. The Morgan fingerprint density at radius 3 is 2.62 bits per heavy atom. The molecule has 1 N–H and O–H groups in total. The summed E-state index contributed by atoms with van der Waals surface area (Å²) in [5, 5.41) is 9.15. The van der Waals surface area contributed by atoms with Gasteiger partial charge in [0.2, 0.25) is 0 Å². The molecule has 1 aromatic heterocycles. The molecule has 1 aromatic carbocycles. The maximum atomic E-state index is 9.15. The van der Waals surface area contributed by atoms with E-state index >= 15 is 0 Å². The van der Waals surface area contributed by atoms with Gasteiger partial charge in [0.15, 0.2) is 5.82 Å². The number of ether oxygens (including phenoxy) is 2. The fourth-order valence-electron chi connectivity index (χ4n) is 3.25. The molecule has 4 rings (SSSR count). The molecule has 6 nitrogen and oxygen atoms in total. The van der Waals surface area contributed by atoms with E-state index in [1.54, 1.807) is 12.3 Å². The fourth-order valence-corrected chi connectivity index (χ4v) is 3.25. The van der Waals surface area contributed by atoms with Crippen LogP contribution in [-0.2, 0) is 11.3 Å². The van der Waals surface area contributed by atoms with Crippen LogP contribution in [0.5, 0.6) is 5.75 Å². The summed E-state index contributed by atoms with van der Waals surface area (Å²) in [5.74, 6) is 1.46. The number of aliphatic hydroxyl groups excluding tert-OH is 1. The number of rotatable bonds is 6. The average molecular weight is 327 g/mol. The van der Waals surface area contributed by atoms with E-state index in [0.29, 0.717) is 23.5 Å². The van der Waals surface area contributed by atoms with Gasteiger partial charge in [0.1, 0.15) is 12.4 Å². The number of aromatic nitrogens is 2. The summed E-state index contributed by atoms with van der Waals surface area (Å²) in [6, 6.07) is 9.45. The first-order valence-corrected chi connectivity index (χ1v) is 8.23. The van der Waals surface area contributed by atoms with E-state index in [4.69, 9.17) is 14.6 Å². The molecule has 0 atom stereocenters. The number of likely N-dealkylation sites (tertiary alicyclic amines) is 1. The van der Waals surface area contributed by atoms with Crippen LogP contribution in [0.15, 0.2) is 36.5 Å². The van der Waals surface area contributed by atoms with E-state index in [2.05, 4.69) is 14.9 Å². The lowest BCUT2D eigenvalue weighted by Gasteiger charge is -2.55. The van der Waals surface area contributed by atoms with Crippen molar-refractivity contribution in [2.45, 2.75) is 6.61 Å². The van der Waals surface area contributed by atoms with Gasteiger partial charge < -0.3 is 14.6 Å². The van der Waals surface area contributed by atoms with Crippen LogP contribution in [0.2, 0.25) is 0 Å². The third-order valence-electron chi connectivity index (χ3n) is 4.60. The van der Waals surface area contributed by atoms with Gasteiger partial charge in [0.05, 0.1) is 25.5 Å². The van der Waals surface area contributed by atoms with Crippen LogP contribution in [0.3, 0.4) is 0 Å². The Morgan fingerprint density at radius 1 is 1.17 bits per heavy atom. The number of aliphatic hydroxyl groups is 1. The second-order valence-corrected chi connectivity index (χ2v) is 6.61. The summed E-state index contributed by atoms with van der Waals surface area (Å²) in [4.78, 5) is 10.9. The quantitative estimate of drug-likeness (QED) is 0.864. The Kier molecular flexibility index (Phi) is 4.18. The largest absolute Gasteiger partial charge is 0.492 e. The molecule has 0 radical (unpaired) electrons. The Labute approximate surface area is 141 Å². The van der Waals surface area contributed by atoms with Crippen LogP contribution in [-0.4, -0.2) is 59.4 Å². The van der Waals surface area contributed by atoms with Crippen LogP contribution in [0.1, 0.15) is 5.69 Å². The van der Waals surface area contributed by atoms with Gasteiger partial charge in [-0.05, 0) is 30.3 Å². The number of nitrogens with zero attached hydrogens (tertiary/aromatic N) is 3. The molecule has 24 heavy (non-hydrogen) atoms. The van der Waals surface area contributed by atoms with Crippen molar-refractivity contribution in [2.75, 3.05) is 39.5 Å². The predicted molar refractivity (Wildman–Crippen MR) is 88.6 cm³/mol. The normalized spacial score (nSPS) is 18.9. The van der Waals surface area contributed by atoms with Gasteiger partial charge in [-0.25, -0.2) is 9.97 Å². The SMILES string of the molecule is OCc1ccnc(-c2ccc(OCCN3CC4(COC4)C3)cc2)n1. The molecular formula is C18H21N3O3. The first-order valence-electron chi connectivity index (χ1n) is 8.23. The molecule has 0 aliphatic carbocycles. The minimum atomic E-state index is -0.0827. The van der Waals surface area contributed by atoms with Crippen LogP contribution >= 0.6 is 0 Å². The highest BCUT2D eigenvalue weighted by molar-refractivity contribution is 5.56. The van der Waals surface area contributed by atoms with Crippen LogP contribution in [0.25, 0.3) is 11.4 Å². The highest BCUT2D eigenvalue weighted by atomic mass is 16.5. The molecule has 0 unspecified atom stereocenters. The molecule has 0 amide bonds. The van der Waals surface area contributed by atoms with Gasteiger partial charge in [-0.2, -0.15) is 0 Å². The summed E-state index contributed by atoms with van der Waals surface area (Å²) >= 11 is 0. The topological polar surface area (TPSA) is 67.7 Å². The van der Waals surface area contributed by atoms with Gasteiger partial charge in [-0.1, -0.05) is 0 Å². The maximum absolute atomic E-state index is 9.15. The lowest BCUT2D eigenvalue weighted by atomic mass is 9.78. The van der Waals surface area contributed by atoms with E-state index < -0.39 is 0 Å². The van der Waals surface area contributed by atoms with Crippen molar-refractivity contribution in [1.82, 2.24) is 14.9 Å². The zero-order valence-corrected chi connectivity index (χ0v) is 13.5. The summed E-state index contributed by atoms with van der Waals surface area (Å²) in [7, 11) is 0. The third kappa shape index (κ3) is 3.13. The number of benzene rings is 1. The van der Waals surface area contributed by atoms with Crippen molar-refractivity contribution >= 4 is 0 Å².